The van der Waals surface area contributed by atoms with Crippen molar-refractivity contribution < 1.29 is 4.79 Å². The molecule has 1 aromatic carbocycles. The molecular formula is C18H30Cl2N4O. The molecule has 0 saturated carbocycles. The Bertz CT molecular complexity index is 631. The fraction of sp³-hybridized carbons (Fsp3) is 0.556. The van der Waals surface area contributed by atoms with Crippen molar-refractivity contribution in [3.05, 3.63) is 30.1 Å². The van der Waals surface area contributed by atoms with Crippen LogP contribution < -0.4 is 11.1 Å². The van der Waals surface area contributed by atoms with Gasteiger partial charge in [-0.05, 0) is 37.9 Å². The number of amides is 1. The van der Waals surface area contributed by atoms with Gasteiger partial charge in [0, 0.05) is 26.4 Å². The second-order valence-corrected chi connectivity index (χ2v) is 5.98. The fourth-order valence-electron chi connectivity index (χ4n) is 2.77. The zero-order valence-corrected chi connectivity index (χ0v) is 16.5. The Kier molecular flexibility index (Phi) is 12.3. The molecule has 3 N–H and O–H groups in total. The molecule has 1 aromatic heterocycles. The van der Waals surface area contributed by atoms with E-state index in [2.05, 4.69) is 20.9 Å². The predicted molar refractivity (Wildman–Crippen MR) is 109 cm³/mol. The zero-order valence-electron chi connectivity index (χ0n) is 14.9. The van der Waals surface area contributed by atoms with Crippen LogP contribution in [0.3, 0.4) is 0 Å². The highest BCUT2D eigenvalue weighted by Crippen LogP contribution is 2.15. The Morgan fingerprint density at radius 3 is 2.56 bits per heavy atom. The number of carbonyl (C=O) groups excluding carboxylic acids is 1. The molecule has 2 aromatic rings. The molecule has 0 atom stereocenters. The van der Waals surface area contributed by atoms with Crippen LogP contribution in [0.4, 0.5) is 0 Å². The van der Waals surface area contributed by atoms with Crippen molar-refractivity contribution in [2.45, 2.75) is 44.9 Å². The Labute approximate surface area is 162 Å². The van der Waals surface area contributed by atoms with Crippen LogP contribution in [-0.4, -0.2) is 28.5 Å². The first-order valence-corrected chi connectivity index (χ1v) is 8.59. The van der Waals surface area contributed by atoms with Crippen molar-refractivity contribution >= 4 is 41.8 Å². The van der Waals surface area contributed by atoms with Crippen LogP contribution in [0.5, 0.6) is 0 Å². The maximum atomic E-state index is 11.7. The highest BCUT2D eigenvalue weighted by Gasteiger charge is 2.07. The van der Waals surface area contributed by atoms with Crippen molar-refractivity contribution in [1.82, 2.24) is 14.9 Å². The number of nitrogens with one attached hydrogen (secondary N) is 1. The topological polar surface area (TPSA) is 72.9 Å². The van der Waals surface area contributed by atoms with E-state index in [-0.39, 0.29) is 30.7 Å². The van der Waals surface area contributed by atoms with Gasteiger partial charge in [0.2, 0.25) is 5.91 Å². The first-order valence-electron chi connectivity index (χ1n) is 8.59. The van der Waals surface area contributed by atoms with Gasteiger partial charge in [0.15, 0.2) is 0 Å². The van der Waals surface area contributed by atoms with E-state index < -0.39 is 0 Å². The van der Waals surface area contributed by atoms with Gasteiger partial charge in [-0.25, -0.2) is 4.98 Å². The van der Waals surface area contributed by atoms with E-state index in [0.29, 0.717) is 13.0 Å². The van der Waals surface area contributed by atoms with Crippen LogP contribution in [0.2, 0.25) is 0 Å². The molecule has 0 unspecified atom stereocenters. The molecule has 5 nitrogen and oxygen atoms in total. The van der Waals surface area contributed by atoms with Gasteiger partial charge in [-0.15, -0.1) is 24.8 Å². The number of unbranched alkanes of at least 4 members (excludes halogenated alkanes) is 3. The molecule has 142 valence electrons. The lowest BCUT2D eigenvalue weighted by atomic mass is 10.1. The quantitative estimate of drug-likeness (QED) is 0.612. The maximum Gasteiger partial charge on any atom is 0.219 e. The maximum absolute atomic E-state index is 11.7. The van der Waals surface area contributed by atoms with E-state index in [0.717, 1.165) is 61.9 Å². The summed E-state index contributed by atoms with van der Waals surface area (Å²) in [6.45, 7) is 1.46. The third-order valence-corrected chi connectivity index (χ3v) is 4.14. The standard InChI is InChI=1S/C18H28N4O.2ClH/c1-22-16-10-6-5-9-15(16)21-17(22)11-8-14-20-18(23)12-4-2-3-7-13-19;;/h5-6,9-10H,2-4,7-8,11-14,19H2,1H3,(H,20,23);2*1H. The van der Waals surface area contributed by atoms with Crippen LogP contribution >= 0.6 is 24.8 Å². The van der Waals surface area contributed by atoms with Crippen LogP contribution in [0.15, 0.2) is 24.3 Å². The first kappa shape index (κ1) is 23.7. The minimum atomic E-state index is 0. The molecule has 0 spiro atoms. The molecule has 1 amide bonds. The minimum absolute atomic E-state index is 0. The molecule has 0 aliphatic rings. The lowest BCUT2D eigenvalue weighted by Crippen LogP contribution is -2.24. The van der Waals surface area contributed by atoms with E-state index in [4.69, 9.17) is 5.73 Å². The molecule has 25 heavy (non-hydrogen) atoms. The Morgan fingerprint density at radius 1 is 1.12 bits per heavy atom. The van der Waals surface area contributed by atoms with Crippen LogP contribution in [0.25, 0.3) is 11.0 Å². The molecule has 1 heterocycles. The molecule has 0 saturated heterocycles. The number of aromatic nitrogens is 2. The summed E-state index contributed by atoms with van der Waals surface area (Å²) < 4.78 is 2.13. The van der Waals surface area contributed by atoms with E-state index >= 15 is 0 Å². The molecule has 0 aliphatic carbocycles. The number of fused-ring (bicyclic) bond motifs is 1. The summed E-state index contributed by atoms with van der Waals surface area (Å²) in [6, 6.07) is 8.15. The first-order chi connectivity index (χ1) is 11.2. The zero-order chi connectivity index (χ0) is 16.5. The van der Waals surface area contributed by atoms with Crippen LogP contribution in [0, 0.1) is 0 Å². The van der Waals surface area contributed by atoms with Crippen LogP contribution in [0.1, 0.15) is 44.3 Å². The minimum Gasteiger partial charge on any atom is -0.356 e. The average Bonchev–Trinajstić information content (AvgIpc) is 2.88. The number of imidazole rings is 1. The summed E-state index contributed by atoms with van der Waals surface area (Å²) >= 11 is 0. The van der Waals surface area contributed by atoms with Gasteiger partial charge in [-0.3, -0.25) is 4.79 Å². The highest BCUT2D eigenvalue weighted by atomic mass is 35.5. The van der Waals surface area contributed by atoms with E-state index in [9.17, 15) is 4.79 Å². The fourth-order valence-corrected chi connectivity index (χ4v) is 2.77. The lowest BCUT2D eigenvalue weighted by molar-refractivity contribution is -0.121. The molecule has 0 bridgehead atoms. The van der Waals surface area contributed by atoms with Gasteiger partial charge in [0.25, 0.3) is 0 Å². The number of nitrogens with two attached hydrogens (primary N) is 1. The summed E-state index contributed by atoms with van der Waals surface area (Å²) in [5.41, 5.74) is 7.64. The number of halogens is 2. The molecule has 0 aliphatic heterocycles. The van der Waals surface area contributed by atoms with E-state index in [1.165, 1.54) is 0 Å². The molecule has 7 heteroatoms. The summed E-state index contributed by atoms with van der Waals surface area (Å²) in [7, 11) is 2.05. The third-order valence-electron chi connectivity index (χ3n) is 4.14. The molecular weight excluding hydrogens is 359 g/mol. The number of benzene rings is 1. The van der Waals surface area contributed by atoms with Gasteiger partial charge in [-0.1, -0.05) is 25.0 Å². The van der Waals surface area contributed by atoms with Crippen molar-refractivity contribution in [2.24, 2.45) is 12.8 Å². The van der Waals surface area contributed by atoms with E-state index in [1.807, 2.05) is 25.2 Å². The van der Waals surface area contributed by atoms with Gasteiger partial charge >= 0.3 is 0 Å². The molecule has 0 radical (unpaired) electrons. The van der Waals surface area contributed by atoms with Gasteiger partial charge in [0.1, 0.15) is 5.82 Å². The Morgan fingerprint density at radius 2 is 1.84 bits per heavy atom. The Hall–Kier alpha value is -1.30. The number of rotatable bonds is 10. The molecule has 0 fully saturated rings. The van der Waals surface area contributed by atoms with Gasteiger partial charge in [0.05, 0.1) is 11.0 Å². The summed E-state index contributed by atoms with van der Waals surface area (Å²) in [5.74, 6) is 1.23. The largest absolute Gasteiger partial charge is 0.356 e. The number of nitrogens with zero attached hydrogens (tertiary/aromatic N) is 2. The smallest absolute Gasteiger partial charge is 0.219 e. The number of para-hydroxylation sites is 2. The second kappa shape index (κ2) is 13.0. The van der Waals surface area contributed by atoms with E-state index in [1.54, 1.807) is 0 Å². The normalized spacial score (nSPS) is 10.2. The second-order valence-electron chi connectivity index (χ2n) is 5.98. The van der Waals surface area contributed by atoms with Gasteiger partial charge < -0.3 is 15.6 Å². The number of aryl methyl sites for hydroxylation is 2. The third kappa shape index (κ3) is 7.63. The average molecular weight is 389 g/mol. The van der Waals surface area contributed by atoms with Crippen molar-refractivity contribution in [2.75, 3.05) is 13.1 Å². The highest BCUT2D eigenvalue weighted by molar-refractivity contribution is 5.85. The number of carbonyl (C=O) groups is 1. The summed E-state index contributed by atoms with van der Waals surface area (Å²) in [6.07, 6.45) is 6.63. The number of hydrogen-bond acceptors (Lipinski definition) is 3. The molecule has 2 rings (SSSR count). The van der Waals surface area contributed by atoms with Crippen molar-refractivity contribution in [3.63, 3.8) is 0 Å². The number of hydrogen-bond donors (Lipinski definition) is 2. The summed E-state index contributed by atoms with van der Waals surface area (Å²) in [5, 5.41) is 3.00. The predicted octanol–water partition coefficient (Wildman–Crippen LogP) is 3.37. The van der Waals surface area contributed by atoms with Crippen molar-refractivity contribution in [1.29, 1.82) is 0 Å². The Balaban J connectivity index is 0.00000288. The van der Waals surface area contributed by atoms with Crippen molar-refractivity contribution in [3.8, 4) is 0 Å². The van der Waals surface area contributed by atoms with Gasteiger partial charge in [-0.2, -0.15) is 0 Å². The lowest BCUT2D eigenvalue weighted by Gasteiger charge is -2.06. The van der Waals surface area contributed by atoms with Crippen LogP contribution in [-0.2, 0) is 18.3 Å². The monoisotopic (exact) mass is 388 g/mol. The summed E-state index contributed by atoms with van der Waals surface area (Å²) in [4.78, 5) is 16.4. The SMILES string of the molecule is Cl.Cl.Cn1c(CCCNC(=O)CCCCCCN)nc2ccccc21.